The van der Waals surface area contributed by atoms with E-state index in [4.69, 9.17) is 5.73 Å². The maximum Gasteiger partial charge on any atom is 0.315 e. The zero-order chi connectivity index (χ0) is 12.4. The molecule has 1 aromatic rings. The van der Waals surface area contributed by atoms with Crippen molar-refractivity contribution in [2.24, 2.45) is 5.73 Å². The molecule has 92 valence electrons. The van der Waals surface area contributed by atoms with Crippen molar-refractivity contribution < 1.29 is 9.18 Å². The van der Waals surface area contributed by atoms with E-state index in [1.165, 1.54) is 12.1 Å². The van der Waals surface area contributed by atoms with Gasteiger partial charge in [-0.1, -0.05) is 6.07 Å². The highest BCUT2D eigenvalue weighted by Gasteiger charge is 2.27. The number of amides is 2. The lowest BCUT2D eigenvalue weighted by Crippen LogP contribution is -2.42. The van der Waals surface area contributed by atoms with Gasteiger partial charge in [-0.2, -0.15) is 0 Å². The number of rotatable bonds is 1. The first-order valence-corrected chi connectivity index (χ1v) is 5.91. The third kappa shape index (κ3) is 2.40. The lowest BCUT2D eigenvalue weighted by Gasteiger charge is -2.35. The standard InChI is InChI=1S/C13H17FN2O/c1-9-8-10(14)5-6-11(9)12-4-2-3-7-16(12)13(15)17/h5-6,8,12H,2-4,7H2,1H3,(H2,15,17). The minimum Gasteiger partial charge on any atom is -0.351 e. The Balaban J connectivity index is 2.32. The molecule has 0 saturated carbocycles. The monoisotopic (exact) mass is 236 g/mol. The molecule has 1 fully saturated rings. The number of urea groups is 1. The Bertz CT molecular complexity index is 433. The number of carbonyl (C=O) groups is 1. The van der Waals surface area contributed by atoms with Crippen LogP contribution in [0.5, 0.6) is 0 Å². The van der Waals surface area contributed by atoms with Crippen LogP contribution in [-0.2, 0) is 0 Å². The Labute approximate surface area is 100 Å². The summed E-state index contributed by atoms with van der Waals surface area (Å²) in [6.07, 6.45) is 2.96. The minimum absolute atomic E-state index is 0.00171. The fourth-order valence-electron chi connectivity index (χ4n) is 2.53. The van der Waals surface area contributed by atoms with Crippen LogP contribution in [-0.4, -0.2) is 17.5 Å². The Hall–Kier alpha value is -1.58. The van der Waals surface area contributed by atoms with Crippen LogP contribution in [0.25, 0.3) is 0 Å². The van der Waals surface area contributed by atoms with E-state index in [1.807, 2.05) is 6.92 Å². The van der Waals surface area contributed by atoms with E-state index < -0.39 is 6.03 Å². The van der Waals surface area contributed by atoms with Crippen molar-refractivity contribution in [3.8, 4) is 0 Å². The van der Waals surface area contributed by atoms with Gasteiger partial charge in [-0.05, 0) is 49.4 Å². The van der Waals surface area contributed by atoms with Gasteiger partial charge in [0.15, 0.2) is 0 Å². The van der Waals surface area contributed by atoms with Gasteiger partial charge in [-0.3, -0.25) is 0 Å². The minimum atomic E-state index is -0.390. The third-order valence-electron chi connectivity index (χ3n) is 3.38. The number of carbonyl (C=O) groups excluding carboxylic acids is 1. The third-order valence-corrected chi connectivity index (χ3v) is 3.38. The molecule has 2 amide bonds. The molecule has 1 aromatic carbocycles. The molecule has 17 heavy (non-hydrogen) atoms. The second kappa shape index (κ2) is 4.73. The van der Waals surface area contributed by atoms with Crippen LogP contribution in [0.3, 0.4) is 0 Å². The SMILES string of the molecule is Cc1cc(F)ccc1C1CCCCN1C(N)=O. The number of benzene rings is 1. The molecular weight excluding hydrogens is 219 g/mol. The summed E-state index contributed by atoms with van der Waals surface area (Å²) in [5.74, 6) is -0.243. The van der Waals surface area contributed by atoms with Gasteiger partial charge in [-0.25, -0.2) is 9.18 Å². The quantitative estimate of drug-likeness (QED) is 0.800. The van der Waals surface area contributed by atoms with Crippen molar-refractivity contribution in [2.75, 3.05) is 6.54 Å². The number of hydrogen-bond donors (Lipinski definition) is 1. The van der Waals surface area contributed by atoms with Crippen molar-refractivity contribution in [3.63, 3.8) is 0 Å². The van der Waals surface area contributed by atoms with Crippen LogP contribution < -0.4 is 5.73 Å². The van der Waals surface area contributed by atoms with Gasteiger partial charge in [0.25, 0.3) is 0 Å². The summed E-state index contributed by atoms with van der Waals surface area (Å²) < 4.78 is 13.1. The number of piperidine rings is 1. The summed E-state index contributed by atoms with van der Waals surface area (Å²) in [6.45, 7) is 2.56. The van der Waals surface area contributed by atoms with E-state index in [2.05, 4.69) is 0 Å². The van der Waals surface area contributed by atoms with Crippen molar-refractivity contribution in [1.29, 1.82) is 0 Å². The molecule has 0 aliphatic carbocycles. The van der Waals surface area contributed by atoms with Crippen LogP contribution in [0.4, 0.5) is 9.18 Å². The van der Waals surface area contributed by atoms with Gasteiger partial charge in [0.05, 0.1) is 6.04 Å². The second-order valence-corrected chi connectivity index (χ2v) is 4.54. The van der Waals surface area contributed by atoms with Crippen molar-refractivity contribution in [2.45, 2.75) is 32.2 Å². The molecule has 0 bridgehead atoms. The molecule has 1 saturated heterocycles. The molecule has 1 atom stereocenters. The first kappa shape index (κ1) is 11.9. The molecule has 1 aliphatic heterocycles. The van der Waals surface area contributed by atoms with E-state index >= 15 is 0 Å². The first-order chi connectivity index (χ1) is 8.09. The molecular formula is C13H17FN2O. The molecule has 0 spiro atoms. The number of hydrogen-bond acceptors (Lipinski definition) is 1. The van der Waals surface area contributed by atoms with E-state index in [0.29, 0.717) is 6.54 Å². The molecule has 1 heterocycles. The number of likely N-dealkylation sites (tertiary alicyclic amines) is 1. The van der Waals surface area contributed by atoms with Gasteiger partial charge in [-0.15, -0.1) is 0 Å². The largest absolute Gasteiger partial charge is 0.351 e. The van der Waals surface area contributed by atoms with Crippen LogP contribution >= 0.6 is 0 Å². The average Bonchev–Trinajstić information content (AvgIpc) is 2.29. The summed E-state index contributed by atoms with van der Waals surface area (Å²) in [5, 5.41) is 0. The van der Waals surface area contributed by atoms with Gasteiger partial charge < -0.3 is 10.6 Å². The fourth-order valence-corrected chi connectivity index (χ4v) is 2.53. The Morgan fingerprint density at radius 3 is 2.88 bits per heavy atom. The number of aryl methyl sites for hydroxylation is 1. The number of primary amides is 1. The maximum absolute atomic E-state index is 13.1. The predicted molar refractivity (Wildman–Crippen MR) is 64.0 cm³/mol. The molecule has 1 unspecified atom stereocenters. The van der Waals surface area contributed by atoms with Crippen LogP contribution in [0.2, 0.25) is 0 Å². The average molecular weight is 236 g/mol. The second-order valence-electron chi connectivity index (χ2n) is 4.54. The molecule has 4 heteroatoms. The summed E-state index contributed by atoms with van der Waals surface area (Å²) in [4.78, 5) is 13.1. The van der Waals surface area contributed by atoms with Gasteiger partial charge in [0.2, 0.25) is 0 Å². The van der Waals surface area contributed by atoms with Crippen molar-refractivity contribution in [1.82, 2.24) is 4.90 Å². The highest BCUT2D eigenvalue weighted by atomic mass is 19.1. The van der Waals surface area contributed by atoms with E-state index in [-0.39, 0.29) is 11.9 Å². The van der Waals surface area contributed by atoms with Gasteiger partial charge in [0, 0.05) is 6.54 Å². The van der Waals surface area contributed by atoms with E-state index in [9.17, 15) is 9.18 Å². The topological polar surface area (TPSA) is 46.3 Å². The number of halogens is 1. The van der Waals surface area contributed by atoms with E-state index in [1.54, 1.807) is 11.0 Å². The zero-order valence-electron chi connectivity index (χ0n) is 9.95. The molecule has 2 rings (SSSR count). The Morgan fingerprint density at radius 1 is 1.47 bits per heavy atom. The normalized spacial score (nSPS) is 20.4. The highest BCUT2D eigenvalue weighted by Crippen LogP contribution is 2.32. The molecule has 0 aromatic heterocycles. The smallest absolute Gasteiger partial charge is 0.315 e. The number of nitrogens with zero attached hydrogens (tertiary/aromatic N) is 1. The van der Waals surface area contributed by atoms with Gasteiger partial charge in [0.1, 0.15) is 5.82 Å². The van der Waals surface area contributed by atoms with Crippen LogP contribution in [0, 0.1) is 12.7 Å². The number of nitrogens with two attached hydrogens (primary N) is 1. The Morgan fingerprint density at radius 2 is 2.24 bits per heavy atom. The summed E-state index contributed by atoms with van der Waals surface area (Å²) in [5.41, 5.74) is 7.27. The summed E-state index contributed by atoms with van der Waals surface area (Å²) >= 11 is 0. The highest BCUT2D eigenvalue weighted by molar-refractivity contribution is 5.72. The lowest BCUT2D eigenvalue weighted by atomic mass is 9.92. The van der Waals surface area contributed by atoms with Crippen LogP contribution in [0.1, 0.15) is 36.4 Å². The van der Waals surface area contributed by atoms with Gasteiger partial charge >= 0.3 is 6.03 Å². The molecule has 0 radical (unpaired) electrons. The Kier molecular flexibility index (Phi) is 3.31. The van der Waals surface area contributed by atoms with E-state index in [0.717, 1.165) is 30.4 Å². The molecule has 3 nitrogen and oxygen atoms in total. The van der Waals surface area contributed by atoms with Crippen molar-refractivity contribution >= 4 is 6.03 Å². The van der Waals surface area contributed by atoms with Crippen LogP contribution in [0.15, 0.2) is 18.2 Å². The maximum atomic E-state index is 13.1. The zero-order valence-corrected chi connectivity index (χ0v) is 9.95. The molecule has 1 aliphatic rings. The van der Waals surface area contributed by atoms with Crippen molar-refractivity contribution in [3.05, 3.63) is 35.1 Å². The predicted octanol–water partition coefficient (Wildman–Crippen LogP) is 2.74. The lowest BCUT2D eigenvalue weighted by molar-refractivity contribution is 0.159. The summed E-state index contributed by atoms with van der Waals surface area (Å²) in [6, 6.07) is 4.32. The molecule has 2 N–H and O–H groups in total. The first-order valence-electron chi connectivity index (χ1n) is 5.91. The summed E-state index contributed by atoms with van der Waals surface area (Å²) in [7, 11) is 0. The fraction of sp³-hybridized carbons (Fsp3) is 0.462.